The molecule has 0 atom stereocenters. The summed E-state index contributed by atoms with van der Waals surface area (Å²) < 4.78 is 5.56. The van der Waals surface area contributed by atoms with E-state index in [1.54, 1.807) is 36.4 Å². The number of carbonyl (C=O) groups excluding carboxylic acids is 1. The summed E-state index contributed by atoms with van der Waals surface area (Å²) >= 11 is 0. The summed E-state index contributed by atoms with van der Waals surface area (Å²) in [5.41, 5.74) is 2.69. The van der Waals surface area contributed by atoms with Gasteiger partial charge in [-0.05, 0) is 55.8 Å². The topological polar surface area (TPSA) is 110 Å². The Bertz CT molecular complexity index is 1400. The van der Waals surface area contributed by atoms with Gasteiger partial charge in [0.25, 0.3) is 0 Å². The molecule has 0 fully saturated rings. The van der Waals surface area contributed by atoms with Gasteiger partial charge in [-0.15, -0.1) is 0 Å². The minimum Gasteiger partial charge on any atom is -0.422 e. The van der Waals surface area contributed by atoms with E-state index in [1.807, 2.05) is 30.3 Å². The highest BCUT2D eigenvalue weighted by Gasteiger charge is 2.10. The molecule has 2 aromatic carbocycles. The predicted molar refractivity (Wildman–Crippen MR) is 134 cm³/mol. The van der Waals surface area contributed by atoms with E-state index in [-0.39, 0.29) is 11.5 Å². The van der Waals surface area contributed by atoms with Gasteiger partial charge in [-0.1, -0.05) is 18.2 Å². The van der Waals surface area contributed by atoms with Gasteiger partial charge in [-0.25, -0.2) is 4.79 Å². The molecule has 170 valence electrons. The SMILES string of the molecule is CCN(CC)c1ccc2cc(/C=C/C(=C(C#N)C#N)c3ccc(NC(C)=O)cc3)c(=O)oc2c1. The number of rotatable bonds is 7. The summed E-state index contributed by atoms with van der Waals surface area (Å²) in [6.07, 6.45) is 3.09. The molecule has 1 amide bonds. The molecule has 0 saturated carbocycles. The zero-order chi connectivity index (χ0) is 24.7. The first-order valence-electron chi connectivity index (χ1n) is 10.8. The second kappa shape index (κ2) is 10.8. The average Bonchev–Trinajstić information content (AvgIpc) is 2.83. The molecule has 7 heteroatoms. The molecule has 1 N–H and O–H groups in total. The van der Waals surface area contributed by atoms with Crippen LogP contribution in [0.15, 0.2) is 69.4 Å². The Morgan fingerprint density at radius 1 is 1.06 bits per heavy atom. The van der Waals surface area contributed by atoms with E-state index in [0.717, 1.165) is 24.2 Å². The van der Waals surface area contributed by atoms with Gasteiger partial charge in [-0.2, -0.15) is 10.5 Å². The van der Waals surface area contributed by atoms with E-state index in [1.165, 1.54) is 13.0 Å². The van der Waals surface area contributed by atoms with Crippen LogP contribution in [0.2, 0.25) is 0 Å². The lowest BCUT2D eigenvalue weighted by atomic mass is 9.99. The fourth-order valence-electron chi connectivity index (χ4n) is 3.60. The Hall–Kier alpha value is -4.62. The van der Waals surface area contributed by atoms with Crippen LogP contribution in [-0.2, 0) is 4.79 Å². The number of benzene rings is 2. The molecule has 1 heterocycles. The van der Waals surface area contributed by atoms with E-state index in [4.69, 9.17) is 4.42 Å². The van der Waals surface area contributed by atoms with Crippen molar-refractivity contribution in [2.75, 3.05) is 23.3 Å². The van der Waals surface area contributed by atoms with E-state index < -0.39 is 5.63 Å². The second-order valence-electron chi connectivity index (χ2n) is 7.49. The van der Waals surface area contributed by atoms with Crippen LogP contribution in [0.25, 0.3) is 22.6 Å². The minimum atomic E-state index is -0.517. The lowest BCUT2D eigenvalue weighted by molar-refractivity contribution is -0.114. The van der Waals surface area contributed by atoms with Crippen molar-refractivity contribution in [2.24, 2.45) is 0 Å². The zero-order valence-corrected chi connectivity index (χ0v) is 19.3. The minimum absolute atomic E-state index is 0.0995. The average molecular weight is 453 g/mol. The molecule has 0 aliphatic heterocycles. The van der Waals surface area contributed by atoms with Crippen LogP contribution in [0.1, 0.15) is 31.9 Å². The van der Waals surface area contributed by atoms with Crippen LogP contribution in [0, 0.1) is 22.7 Å². The van der Waals surface area contributed by atoms with Crippen molar-refractivity contribution in [3.8, 4) is 12.1 Å². The lowest BCUT2D eigenvalue weighted by Crippen LogP contribution is -2.21. The third-order valence-electron chi connectivity index (χ3n) is 5.31. The number of nitrogens with one attached hydrogen (secondary N) is 1. The second-order valence-corrected chi connectivity index (χ2v) is 7.49. The zero-order valence-electron chi connectivity index (χ0n) is 19.3. The fraction of sp³-hybridized carbons (Fsp3) is 0.185. The molecule has 3 aromatic rings. The monoisotopic (exact) mass is 452 g/mol. The smallest absolute Gasteiger partial charge is 0.343 e. The number of hydrogen-bond acceptors (Lipinski definition) is 6. The first-order valence-corrected chi connectivity index (χ1v) is 10.8. The van der Waals surface area contributed by atoms with E-state index in [2.05, 4.69) is 24.1 Å². The van der Waals surface area contributed by atoms with Crippen molar-refractivity contribution in [1.29, 1.82) is 10.5 Å². The summed E-state index contributed by atoms with van der Waals surface area (Å²) in [6, 6.07) is 18.0. The van der Waals surface area contributed by atoms with Gasteiger partial charge in [-0.3, -0.25) is 4.79 Å². The van der Waals surface area contributed by atoms with Gasteiger partial charge < -0.3 is 14.6 Å². The maximum atomic E-state index is 12.6. The van der Waals surface area contributed by atoms with E-state index in [0.29, 0.717) is 28.0 Å². The van der Waals surface area contributed by atoms with Gasteiger partial charge in [0.05, 0.1) is 5.56 Å². The lowest BCUT2D eigenvalue weighted by Gasteiger charge is -2.20. The summed E-state index contributed by atoms with van der Waals surface area (Å²) in [6.45, 7) is 7.22. The first kappa shape index (κ1) is 24.0. The summed E-state index contributed by atoms with van der Waals surface area (Å²) in [7, 11) is 0. The normalized spacial score (nSPS) is 10.5. The van der Waals surface area contributed by atoms with Crippen molar-refractivity contribution >= 4 is 39.9 Å². The van der Waals surface area contributed by atoms with Gasteiger partial charge in [0.2, 0.25) is 5.91 Å². The highest BCUT2D eigenvalue weighted by molar-refractivity contribution is 5.90. The number of nitriles is 2. The highest BCUT2D eigenvalue weighted by atomic mass is 16.4. The van der Waals surface area contributed by atoms with Gasteiger partial charge in [0.1, 0.15) is 23.3 Å². The van der Waals surface area contributed by atoms with Crippen LogP contribution >= 0.6 is 0 Å². The standard InChI is InChI=1S/C27H24N4O3/c1-4-31(5-2)24-12-8-20-14-21(27(33)34-26(20)15-24)9-13-25(22(16-28)17-29)19-6-10-23(11-7-19)30-18(3)32/h6-15H,4-5H2,1-3H3,(H,30,32)/b13-9+. The van der Waals surface area contributed by atoms with E-state index >= 15 is 0 Å². The number of nitrogens with zero attached hydrogens (tertiary/aromatic N) is 3. The van der Waals surface area contributed by atoms with Crippen LogP contribution in [0.3, 0.4) is 0 Å². The van der Waals surface area contributed by atoms with Crippen molar-refractivity contribution in [1.82, 2.24) is 0 Å². The number of fused-ring (bicyclic) bond motifs is 1. The molecule has 0 aliphatic carbocycles. The third kappa shape index (κ3) is 5.40. The number of allylic oxidation sites excluding steroid dienone is 3. The summed E-state index contributed by atoms with van der Waals surface area (Å²) in [5.74, 6) is -0.203. The Morgan fingerprint density at radius 2 is 1.74 bits per heavy atom. The predicted octanol–water partition coefficient (Wildman–Crippen LogP) is 5.11. The Kier molecular flexibility index (Phi) is 7.63. The number of anilines is 2. The Balaban J connectivity index is 2.01. The van der Waals surface area contributed by atoms with Crippen LogP contribution in [0.5, 0.6) is 0 Å². The van der Waals surface area contributed by atoms with Gasteiger partial charge >= 0.3 is 5.63 Å². The molecule has 0 saturated heterocycles. The molecule has 34 heavy (non-hydrogen) atoms. The summed E-state index contributed by atoms with van der Waals surface area (Å²) in [4.78, 5) is 26.0. The molecule has 0 bridgehead atoms. The third-order valence-corrected chi connectivity index (χ3v) is 5.31. The quantitative estimate of drug-likeness (QED) is 0.303. The molecule has 1 aromatic heterocycles. The number of carbonyl (C=O) groups is 1. The molecule has 0 aliphatic rings. The van der Waals surface area contributed by atoms with Crippen LogP contribution < -0.4 is 15.8 Å². The van der Waals surface area contributed by atoms with Crippen molar-refractivity contribution in [2.45, 2.75) is 20.8 Å². The maximum Gasteiger partial charge on any atom is 0.343 e. The van der Waals surface area contributed by atoms with Crippen LogP contribution in [-0.4, -0.2) is 19.0 Å². The number of hydrogen-bond donors (Lipinski definition) is 1. The molecular weight excluding hydrogens is 428 g/mol. The van der Waals surface area contributed by atoms with Crippen molar-refractivity contribution in [3.05, 3.63) is 81.7 Å². The molecule has 0 spiro atoms. The van der Waals surface area contributed by atoms with Gasteiger partial charge in [0.15, 0.2) is 0 Å². The van der Waals surface area contributed by atoms with Crippen LogP contribution in [0.4, 0.5) is 11.4 Å². The fourth-order valence-corrected chi connectivity index (χ4v) is 3.60. The Morgan fingerprint density at radius 3 is 2.32 bits per heavy atom. The first-order chi connectivity index (χ1) is 16.4. The number of amides is 1. The van der Waals surface area contributed by atoms with E-state index in [9.17, 15) is 20.1 Å². The summed E-state index contributed by atoms with van der Waals surface area (Å²) in [5, 5.41) is 22.3. The largest absolute Gasteiger partial charge is 0.422 e. The molecule has 0 radical (unpaired) electrons. The molecular formula is C27H24N4O3. The highest BCUT2D eigenvalue weighted by Crippen LogP contribution is 2.25. The molecule has 0 unspecified atom stereocenters. The van der Waals surface area contributed by atoms with Crippen molar-refractivity contribution < 1.29 is 9.21 Å². The maximum absolute atomic E-state index is 12.6. The van der Waals surface area contributed by atoms with Gasteiger partial charge in [0, 0.05) is 48.4 Å². The molecule has 7 nitrogen and oxygen atoms in total. The Labute approximate surface area is 197 Å². The molecule has 3 rings (SSSR count). The van der Waals surface area contributed by atoms with Crippen molar-refractivity contribution in [3.63, 3.8) is 0 Å².